The maximum absolute atomic E-state index is 13.2. The van der Waals surface area contributed by atoms with Crippen LogP contribution in [0.5, 0.6) is 0 Å². The lowest BCUT2D eigenvalue weighted by Crippen LogP contribution is -2.16. The molecule has 1 amide bonds. The largest absolute Gasteiger partial charge is 0.321 e. The molecule has 8 heteroatoms. The number of hydrogen-bond donors (Lipinski definition) is 2. The highest BCUT2D eigenvalue weighted by Crippen LogP contribution is 2.22. The molecule has 2 aromatic carbocycles. The molecule has 0 unspecified atom stereocenters. The number of amides is 1. The summed E-state index contributed by atoms with van der Waals surface area (Å²) < 4.78 is 1.56. The average Bonchev–Trinajstić information content (AvgIpc) is 3.50. The summed E-state index contributed by atoms with van der Waals surface area (Å²) >= 11 is 0. The van der Waals surface area contributed by atoms with Gasteiger partial charge < -0.3 is 5.32 Å². The van der Waals surface area contributed by atoms with E-state index in [1.807, 2.05) is 43.3 Å². The van der Waals surface area contributed by atoms with Gasteiger partial charge in [-0.1, -0.05) is 31.2 Å². The number of carbonyl (C=O) groups excluding carboxylic acids is 2. The van der Waals surface area contributed by atoms with Crippen LogP contribution in [0, 0.1) is 0 Å². The molecule has 0 fully saturated rings. The minimum atomic E-state index is -0.278. The molecule has 0 spiro atoms. The van der Waals surface area contributed by atoms with Crippen LogP contribution < -0.4 is 5.32 Å². The number of nitrogens with one attached hydrogen (secondary N) is 2. The topological polar surface area (TPSA) is 106 Å². The van der Waals surface area contributed by atoms with E-state index in [-0.39, 0.29) is 11.7 Å². The lowest BCUT2D eigenvalue weighted by Gasteiger charge is -2.08. The first-order chi connectivity index (χ1) is 17.5. The molecule has 0 aliphatic rings. The Bertz CT molecular complexity index is 1600. The summed E-state index contributed by atoms with van der Waals surface area (Å²) in [7, 11) is 1.74. The molecule has 3 heterocycles. The van der Waals surface area contributed by atoms with Gasteiger partial charge in [0, 0.05) is 35.4 Å². The van der Waals surface area contributed by atoms with Gasteiger partial charge in [-0.3, -0.25) is 24.4 Å². The van der Waals surface area contributed by atoms with Gasteiger partial charge in [0.15, 0.2) is 5.78 Å². The van der Waals surface area contributed by atoms with Gasteiger partial charge in [0.2, 0.25) is 0 Å². The molecular formula is C28H24N6O2. The summed E-state index contributed by atoms with van der Waals surface area (Å²) in [5.74, 6) is -0.429. The summed E-state index contributed by atoms with van der Waals surface area (Å²) in [4.78, 5) is 30.2. The number of pyridine rings is 1. The Hall–Kier alpha value is -4.85. The molecule has 0 radical (unpaired) electrons. The highest BCUT2D eigenvalue weighted by atomic mass is 16.2. The fraction of sp³-hybridized carbons (Fsp3) is 0.107. The summed E-state index contributed by atoms with van der Waals surface area (Å²) in [5.41, 5.74) is 5.19. The van der Waals surface area contributed by atoms with Crippen LogP contribution >= 0.6 is 0 Å². The van der Waals surface area contributed by atoms with Crippen molar-refractivity contribution in [1.29, 1.82) is 0 Å². The standard InChI is InChI=1S/C28H24N6O2/c1-3-20-17-26(34(2)33-20)28(36)30-22-9-6-7-18(15-22)27(35)19-10-12-23-24(31-32-25(23)16-19)13-11-21-8-4-5-14-29-21/h4-17H,3H2,1-2H3,(H,30,36)(H,31,32). The van der Waals surface area contributed by atoms with Crippen LogP contribution in [0.25, 0.3) is 23.1 Å². The lowest BCUT2D eigenvalue weighted by atomic mass is 10.0. The first-order valence-corrected chi connectivity index (χ1v) is 11.6. The molecule has 0 aliphatic heterocycles. The van der Waals surface area contributed by atoms with Crippen molar-refractivity contribution in [2.75, 3.05) is 5.32 Å². The van der Waals surface area contributed by atoms with Crippen molar-refractivity contribution >= 4 is 40.4 Å². The second-order valence-electron chi connectivity index (χ2n) is 8.32. The van der Waals surface area contributed by atoms with Crippen molar-refractivity contribution in [3.05, 3.63) is 107 Å². The normalized spacial score (nSPS) is 11.3. The van der Waals surface area contributed by atoms with E-state index >= 15 is 0 Å². The second-order valence-corrected chi connectivity index (χ2v) is 8.32. The number of hydrogen-bond acceptors (Lipinski definition) is 5. The number of carbonyl (C=O) groups is 2. The molecule has 2 N–H and O–H groups in total. The van der Waals surface area contributed by atoms with E-state index in [0.717, 1.165) is 34.4 Å². The van der Waals surface area contributed by atoms with Crippen LogP contribution in [0.15, 0.2) is 72.9 Å². The van der Waals surface area contributed by atoms with Gasteiger partial charge in [-0.25, -0.2) is 0 Å². The predicted octanol–water partition coefficient (Wildman–Crippen LogP) is 4.91. The van der Waals surface area contributed by atoms with E-state index in [2.05, 4.69) is 25.6 Å². The number of ketones is 1. The Morgan fingerprint density at radius 1 is 1.00 bits per heavy atom. The van der Waals surface area contributed by atoms with E-state index in [1.54, 1.807) is 60.4 Å². The Morgan fingerprint density at radius 2 is 1.86 bits per heavy atom. The number of rotatable bonds is 7. The van der Waals surface area contributed by atoms with Gasteiger partial charge in [0.1, 0.15) is 5.69 Å². The Morgan fingerprint density at radius 3 is 2.64 bits per heavy atom. The molecule has 0 bridgehead atoms. The van der Waals surface area contributed by atoms with E-state index < -0.39 is 0 Å². The number of fused-ring (bicyclic) bond motifs is 1. The third-order valence-corrected chi connectivity index (χ3v) is 5.86. The predicted molar refractivity (Wildman–Crippen MR) is 140 cm³/mol. The van der Waals surface area contributed by atoms with Crippen molar-refractivity contribution in [2.24, 2.45) is 7.05 Å². The highest BCUT2D eigenvalue weighted by Gasteiger charge is 2.15. The molecule has 0 atom stereocenters. The summed E-state index contributed by atoms with van der Waals surface area (Å²) in [5, 5.41) is 15.5. The zero-order chi connectivity index (χ0) is 25.1. The fourth-order valence-corrected chi connectivity index (χ4v) is 3.96. The first-order valence-electron chi connectivity index (χ1n) is 11.6. The van der Waals surface area contributed by atoms with Crippen LogP contribution in [-0.2, 0) is 13.5 Å². The van der Waals surface area contributed by atoms with Crippen LogP contribution in [0.1, 0.15) is 50.4 Å². The molecule has 3 aromatic heterocycles. The first kappa shape index (κ1) is 22.9. The molecule has 8 nitrogen and oxygen atoms in total. The smallest absolute Gasteiger partial charge is 0.273 e. The average molecular weight is 477 g/mol. The van der Waals surface area contributed by atoms with E-state index in [9.17, 15) is 9.59 Å². The van der Waals surface area contributed by atoms with Crippen molar-refractivity contribution < 1.29 is 9.59 Å². The van der Waals surface area contributed by atoms with Crippen LogP contribution in [0.4, 0.5) is 5.69 Å². The minimum absolute atomic E-state index is 0.151. The van der Waals surface area contributed by atoms with Gasteiger partial charge in [-0.2, -0.15) is 10.2 Å². The number of aromatic nitrogens is 5. The number of aromatic amines is 1. The van der Waals surface area contributed by atoms with Gasteiger partial charge in [-0.15, -0.1) is 0 Å². The Labute approximate surface area is 207 Å². The number of benzene rings is 2. The van der Waals surface area contributed by atoms with Gasteiger partial charge in [0.25, 0.3) is 5.91 Å². The van der Waals surface area contributed by atoms with Crippen molar-refractivity contribution in [1.82, 2.24) is 25.0 Å². The SMILES string of the molecule is CCc1cc(C(=O)Nc2cccc(C(=O)c3ccc4c(C=Cc5ccccn5)n[nH]c4c3)c2)n(C)n1. The zero-order valence-electron chi connectivity index (χ0n) is 19.9. The molecule has 178 valence electrons. The molecule has 0 aliphatic carbocycles. The number of nitrogens with zero attached hydrogens (tertiary/aromatic N) is 4. The summed E-state index contributed by atoms with van der Waals surface area (Å²) in [6.45, 7) is 1.99. The van der Waals surface area contributed by atoms with Crippen LogP contribution in [0.2, 0.25) is 0 Å². The molecule has 5 rings (SSSR count). The fourth-order valence-electron chi connectivity index (χ4n) is 3.96. The van der Waals surface area contributed by atoms with E-state index in [1.165, 1.54) is 0 Å². The van der Waals surface area contributed by atoms with Crippen molar-refractivity contribution in [3.63, 3.8) is 0 Å². The molecule has 5 aromatic rings. The van der Waals surface area contributed by atoms with Gasteiger partial charge in [-0.05, 0) is 61.0 Å². The van der Waals surface area contributed by atoms with Gasteiger partial charge in [0.05, 0.1) is 22.6 Å². The zero-order valence-corrected chi connectivity index (χ0v) is 19.9. The lowest BCUT2D eigenvalue weighted by molar-refractivity contribution is 0.101. The molecule has 0 saturated carbocycles. The monoisotopic (exact) mass is 476 g/mol. The van der Waals surface area contributed by atoms with E-state index in [0.29, 0.717) is 22.5 Å². The molecular weight excluding hydrogens is 452 g/mol. The molecule has 0 saturated heterocycles. The quantitative estimate of drug-likeness (QED) is 0.325. The Balaban J connectivity index is 1.35. The number of aryl methyl sites for hydroxylation is 2. The third kappa shape index (κ3) is 4.69. The minimum Gasteiger partial charge on any atom is -0.321 e. The third-order valence-electron chi connectivity index (χ3n) is 5.86. The number of anilines is 1. The van der Waals surface area contributed by atoms with Crippen molar-refractivity contribution in [2.45, 2.75) is 13.3 Å². The summed E-state index contributed by atoms with van der Waals surface area (Å²) in [6, 6.07) is 19.8. The van der Waals surface area contributed by atoms with Crippen LogP contribution in [0.3, 0.4) is 0 Å². The second kappa shape index (κ2) is 9.79. The maximum Gasteiger partial charge on any atom is 0.273 e. The highest BCUT2D eigenvalue weighted by molar-refractivity contribution is 6.12. The number of H-pyrrole nitrogens is 1. The Kier molecular flexibility index (Phi) is 6.23. The van der Waals surface area contributed by atoms with Crippen molar-refractivity contribution in [3.8, 4) is 0 Å². The van der Waals surface area contributed by atoms with E-state index in [4.69, 9.17) is 0 Å². The van der Waals surface area contributed by atoms with Crippen LogP contribution in [-0.4, -0.2) is 36.7 Å². The maximum atomic E-state index is 13.2. The summed E-state index contributed by atoms with van der Waals surface area (Å²) in [6.07, 6.45) is 6.26. The molecule has 36 heavy (non-hydrogen) atoms. The van der Waals surface area contributed by atoms with Gasteiger partial charge >= 0.3 is 0 Å².